The summed E-state index contributed by atoms with van der Waals surface area (Å²) in [6.07, 6.45) is 1.63. The highest BCUT2D eigenvalue weighted by Gasteiger charge is 2.74. The van der Waals surface area contributed by atoms with Crippen molar-refractivity contribution in [1.82, 2.24) is 4.90 Å². The molecule has 6 nitrogen and oxygen atoms in total. The van der Waals surface area contributed by atoms with Gasteiger partial charge in [0.2, 0.25) is 17.7 Å². The lowest BCUT2D eigenvalue weighted by Gasteiger charge is -2.36. The van der Waals surface area contributed by atoms with Gasteiger partial charge in [-0.1, -0.05) is 15.9 Å². The summed E-state index contributed by atoms with van der Waals surface area (Å²) < 4.78 is 14.2. The molecule has 3 saturated heterocycles. The molecular formula is C22H17BrFN3O3. The van der Waals surface area contributed by atoms with Gasteiger partial charge in [0, 0.05) is 21.8 Å². The lowest BCUT2D eigenvalue weighted by Crippen LogP contribution is -2.54. The van der Waals surface area contributed by atoms with Gasteiger partial charge in [-0.25, -0.2) is 9.29 Å². The number of carbonyl (C=O) groups is 3. The van der Waals surface area contributed by atoms with Gasteiger partial charge in [0.15, 0.2) is 0 Å². The number of amides is 3. The van der Waals surface area contributed by atoms with Gasteiger partial charge in [-0.2, -0.15) is 0 Å². The van der Waals surface area contributed by atoms with E-state index in [9.17, 15) is 18.8 Å². The number of nitrogens with zero attached hydrogens (tertiary/aromatic N) is 2. The third kappa shape index (κ3) is 2.03. The number of carbonyl (C=O) groups excluding carboxylic acids is 3. The van der Waals surface area contributed by atoms with Crippen LogP contribution < -0.4 is 10.2 Å². The molecule has 4 aliphatic rings. The standard InChI is InChI=1S/C22H17BrFN3O3/c23-11-3-8-15-14(10-11)22(21(30)25-15)18-17(16-2-1-9-26(16)22)19(28)27(20(18)29)13-6-4-12(24)5-7-13/h3-8,10,16-18H,1-2,9H2,(H,25,30). The smallest absolute Gasteiger partial charge is 0.250 e. The van der Waals surface area contributed by atoms with E-state index in [1.807, 2.05) is 18.2 Å². The van der Waals surface area contributed by atoms with Gasteiger partial charge in [0.25, 0.3) is 0 Å². The summed E-state index contributed by atoms with van der Waals surface area (Å²) in [4.78, 5) is 43.9. The molecule has 8 heteroatoms. The van der Waals surface area contributed by atoms with Crippen molar-refractivity contribution in [1.29, 1.82) is 0 Å². The second-order valence-electron chi connectivity index (χ2n) is 8.31. The van der Waals surface area contributed by atoms with Crippen LogP contribution in [0.1, 0.15) is 18.4 Å². The van der Waals surface area contributed by atoms with Crippen LogP contribution in [0.4, 0.5) is 15.8 Å². The molecule has 152 valence electrons. The maximum atomic E-state index is 13.7. The summed E-state index contributed by atoms with van der Waals surface area (Å²) in [5.41, 5.74) is 0.554. The second-order valence-corrected chi connectivity index (χ2v) is 9.22. The van der Waals surface area contributed by atoms with E-state index in [1.54, 1.807) is 0 Å². The maximum absolute atomic E-state index is 13.7. The topological polar surface area (TPSA) is 69.7 Å². The molecule has 4 aliphatic heterocycles. The third-order valence-corrected chi connectivity index (χ3v) is 7.53. The van der Waals surface area contributed by atoms with Crippen LogP contribution in [0.3, 0.4) is 0 Å². The average molecular weight is 470 g/mol. The first-order valence-electron chi connectivity index (χ1n) is 9.96. The molecule has 0 saturated carbocycles. The number of hydrogen-bond donors (Lipinski definition) is 1. The van der Waals surface area contributed by atoms with Crippen molar-refractivity contribution in [3.63, 3.8) is 0 Å². The molecule has 0 radical (unpaired) electrons. The molecule has 4 heterocycles. The molecule has 2 aromatic carbocycles. The molecule has 6 rings (SSSR count). The van der Waals surface area contributed by atoms with E-state index >= 15 is 0 Å². The molecule has 4 atom stereocenters. The molecule has 0 aromatic heterocycles. The van der Waals surface area contributed by atoms with Crippen molar-refractivity contribution < 1.29 is 18.8 Å². The van der Waals surface area contributed by atoms with Crippen molar-refractivity contribution in [2.45, 2.75) is 24.4 Å². The first-order chi connectivity index (χ1) is 14.4. The lowest BCUT2D eigenvalue weighted by molar-refractivity contribution is -0.135. The van der Waals surface area contributed by atoms with Gasteiger partial charge in [-0.3, -0.25) is 19.3 Å². The lowest BCUT2D eigenvalue weighted by atomic mass is 9.75. The number of anilines is 2. The van der Waals surface area contributed by atoms with Crippen molar-refractivity contribution in [3.8, 4) is 0 Å². The van der Waals surface area contributed by atoms with Gasteiger partial charge in [0.1, 0.15) is 11.4 Å². The third-order valence-electron chi connectivity index (χ3n) is 7.04. The Kier molecular flexibility index (Phi) is 3.63. The number of rotatable bonds is 1. The zero-order chi connectivity index (χ0) is 20.8. The molecule has 0 bridgehead atoms. The predicted molar refractivity (Wildman–Crippen MR) is 110 cm³/mol. The molecular weight excluding hydrogens is 453 g/mol. The van der Waals surface area contributed by atoms with Crippen LogP contribution in [-0.4, -0.2) is 35.2 Å². The summed E-state index contributed by atoms with van der Waals surface area (Å²) >= 11 is 3.49. The van der Waals surface area contributed by atoms with Crippen LogP contribution in [-0.2, 0) is 19.9 Å². The van der Waals surface area contributed by atoms with E-state index in [0.29, 0.717) is 17.9 Å². The molecule has 1 N–H and O–H groups in total. The van der Waals surface area contributed by atoms with Gasteiger partial charge in [-0.15, -0.1) is 0 Å². The minimum absolute atomic E-state index is 0.174. The summed E-state index contributed by atoms with van der Waals surface area (Å²) in [5.74, 6) is -2.80. The van der Waals surface area contributed by atoms with Gasteiger partial charge in [0.05, 0.1) is 17.5 Å². The van der Waals surface area contributed by atoms with Crippen molar-refractivity contribution >= 4 is 45.0 Å². The molecule has 30 heavy (non-hydrogen) atoms. The molecule has 3 fully saturated rings. The van der Waals surface area contributed by atoms with Gasteiger partial charge >= 0.3 is 0 Å². The number of imide groups is 1. The van der Waals surface area contributed by atoms with E-state index in [1.165, 1.54) is 24.3 Å². The Morgan fingerprint density at radius 1 is 1.07 bits per heavy atom. The van der Waals surface area contributed by atoms with Gasteiger partial charge < -0.3 is 5.32 Å². The van der Waals surface area contributed by atoms with Crippen LogP contribution in [0.25, 0.3) is 0 Å². The van der Waals surface area contributed by atoms with Crippen LogP contribution in [0.15, 0.2) is 46.9 Å². The van der Waals surface area contributed by atoms with E-state index in [-0.39, 0.29) is 17.9 Å². The SMILES string of the molecule is O=C1C2C3CCCN3C3(C(=O)Nc4ccc(Br)cc43)C2C(=O)N1c1ccc(F)cc1. The number of halogens is 2. The number of benzene rings is 2. The van der Waals surface area contributed by atoms with Crippen LogP contribution in [0, 0.1) is 17.7 Å². The van der Waals surface area contributed by atoms with Crippen LogP contribution in [0.2, 0.25) is 0 Å². The average Bonchev–Trinajstić information content (AvgIpc) is 3.42. The van der Waals surface area contributed by atoms with Crippen molar-refractivity contribution in [3.05, 3.63) is 58.3 Å². The fraction of sp³-hybridized carbons (Fsp3) is 0.318. The number of fused-ring (bicyclic) bond motifs is 7. The molecule has 0 aliphatic carbocycles. The Labute approximate surface area is 180 Å². The van der Waals surface area contributed by atoms with Crippen molar-refractivity contribution in [2.75, 3.05) is 16.8 Å². The van der Waals surface area contributed by atoms with Gasteiger partial charge in [-0.05, 0) is 61.9 Å². The molecule has 3 amide bonds. The minimum atomic E-state index is -1.20. The van der Waals surface area contributed by atoms with E-state index in [4.69, 9.17) is 0 Å². The normalized spacial score (nSPS) is 32.0. The zero-order valence-corrected chi connectivity index (χ0v) is 17.4. The highest BCUT2D eigenvalue weighted by atomic mass is 79.9. The Morgan fingerprint density at radius 2 is 1.83 bits per heavy atom. The van der Waals surface area contributed by atoms with Crippen molar-refractivity contribution in [2.24, 2.45) is 11.8 Å². The fourth-order valence-corrected chi connectivity index (χ4v) is 6.38. The van der Waals surface area contributed by atoms with E-state index in [0.717, 1.165) is 27.8 Å². The van der Waals surface area contributed by atoms with Crippen LogP contribution >= 0.6 is 15.9 Å². The number of nitrogens with one attached hydrogen (secondary N) is 1. The summed E-state index contributed by atoms with van der Waals surface area (Å²) in [5, 5.41) is 2.95. The first-order valence-corrected chi connectivity index (χ1v) is 10.8. The fourth-order valence-electron chi connectivity index (χ4n) is 6.02. The Bertz CT molecular complexity index is 1140. The predicted octanol–water partition coefficient (Wildman–Crippen LogP) is 3.02. The van der Waals surface area contributed by atoms with E-state index < -0.39 is 29.1 Å². The monoisotopic (exact) mass is 469 g/mol. The summed E-state index contributed by atoms with van der Waals surface area (Å²) in [6, 6.07) is 10.7. The summed E-state index contributed by atoms with van der Waals surface area (Å²) in [6.45, 7) is 0.661. The maximum Gasteiger partial charge on any atom is 0.250 e. The zero-order valence-electron chi connectivity index (χ0n) is 15.8. The number of hydrogen-bond acceptors (Lipinski definition) is 4. The Hall–Kier alpha value is -2.58. The Balaban J connectivity index is 1.56. The quantitative estimate of drug-likeness (QED) is 0.651. The molecule has 1 spiro atoms. The highest BCUT2D eigenvalue weighted by Crippen LogP contribution is 2.60. The minimum Gasteiger partial charge on any atom is -0.324 e. The summed E-state index contributed by atoms with van der Waals surface area (Å²) in [7, 11) is 0. The molecule has 4 unspecified atom stereocenters. The van der Waals surface area contributed by atoms with E-state index in [2.05, 4.69) is 26.1 Å². The first kappa shape index (κ1) is 18.2. The van der Waals surface area contributed by atoms with Crippen LogP contribution in [0.5, 0.6) is 0 Å². The Morgan fingerprint density at radius 3 is 2.60 bits per heavy atom. The second kappa shape index (κ2) is 5.98. The highest BCUT2D eigenvalue weighted by molar-refractivity contribution is 9.10. The molecule has 2 aromatic rings. The largest absolute Gasteiger partial charge is 0.324 e.